The van der Waals surface area contributed by atoms with Gasteiger partial charge in [0.2, 0.25) is 5.91 Å². The molecule has 2 atom stereocenters. The van der Waals surface area contributed by atoms with Crippen molar-refractivity contribution in [3.8, 4) is 5.69 Å². The number of rotatable bonds is 8. The van der Waals surface area contributed by atoms with Crippen molar-refractivity contribution in [3.05, 3.63) is 125 Å². The van der Waals surface area contributed by atoms with Crippen molar-refractivity contribution in [1.82, 2.24) is 19.8 Å². The molecule has 6 rings (SSSR count). The molecule has 44 heavy (non-hydrogen) atoms. The first kappa shape index (κ1) is 29.1. The van der Waals surface area contributed by atoms with Gasteiger partial charge in [-0.15, -0.1) is 0 Å². The summed E-state index contributed by atoms with van der Waals surface area (Å²) in [5.74, 6) is -0.456. The monoisotopic (exact) mass is 603 g/mol. The van der Waals surface area contributed by atoms with E-state index in [-0.39, 0.29) is 30.4 Å². The van der Waals surface area contributed by atoms with Crippen LogP contribution in [0.5, 0.6) is 0 Å². The number of hydrogen-bond acceptors (Lipinski definition) is 5. The summed E-state index contributed by atoms with van der Waals surface area (Å²) >= 11 is 5.87. The molecule has 1 amide bonds. The minimum Gasteiger partial charge on any atom is -0.465 e. The Hall–Kier alpha value is -5.02. The van der Waals surface area contributed by atoms with E-state index in [4.69, 9.17) is 17.0 Å². The van der Waals surface area contributed by atoms with Crippen molar-refractivity contribution in [2.75, 3.05) is 19.0 Å². The minimum absolute atomic E-state index is 0.0830. The number of anilines is 1. The lowest BCUT2D eigenvalue weighted by Gasteiger charge is -2.28. The van der Waals surface area contributed by atoms with Crippen LogP contribution >= 0.6 is 12.2 Å². The molecule has 2 unspecified atom stereocenters. The zero-order valence-corrected chi connectivity index (χ0v) is 25.6. The van der Waals surface area contributed by atoms with Crippen molar-refractivity contribution in [2.24, 2.45) is 0 Å². The van der Waals surface area contributed by atoms with E-state index in [0.29, 0.717) is 17.2 Å². The molecule has 1 aliphatic heterocycles. The SMILES string of the molecule is COC(=O)c1ccc(-n2c(C)cc(C3C(c4ccccn4)NC(=S)N3CCC(=O)Nc3cccc4ccccc34)c2C)cc1. The smallest absolute Gasteiger partial charge is 0.337 e. The molecule has 0 spiro atoms. The van der Waals surface area contributed by atoms with E-state index in [1.165, 1.54) is 7.11 Å². The number of amides is 1. The van der Waals surface area contributed by atoms with Gasteiger partial charge in [-0.3, -0.25) is 9.78 Å². The number of nitrogens with zero attached hydrogens (tertiary/aromatic N) is 3. The first-order chi connectivity index (χ1) is 21.4. The second-order valence-electron chi connectivity index (χ2n) is 10.8. The average Bonchev–Trinajstić information content (AvgIpc) is 3.54. The average molecular weight is 604 g/mol. The first-order valence-electron chi connectivity index (χ1n) is 14.5. The number of carbonyl (C=O) groups is 2. The number of esters is 1. The maximum absolute atomic E-state index is 13.3. The number of thiocarbonyl (C=S) groups is 1. The molecule has 1 saturated heterocycles. The Bertz CT molecular complexity index is 1850. The van der Waals surface area contributed by atoms with E-state index >= 15 is 0 Å². The molecule has 9 heteroatoms. The van der Waals surface area contributed by atoms with E-state index < -0.39 is 0 Å². The fraction of sp³-hybridized carbons (Fsp3) is 0.200. The van der Waals surface area contributed by atoms with E-state index in [0.717, 1.165) is 44.8 Å². The number of fused-ring (bicyclic) bond motifs is 1. The number of ether oxygens (including phenoxy) is 1. The highest BCUT2D eigenvalue weighted by atomic mass is 32.1. The predicted molar refractivity (Wildman–Crippen MR) is 176 cm³/mol. The molecule has 0 radical (unpaired) electrons. The topological polar surface area (TPSA) is 88.5 Å². The van der Waals surface area contributed by atoms with Gasteiger partial charge in [-0.1, -0.05) is 42.5 Å². The summed E-state index contributed by atoms with van der Waals surface area (Å²) in [5, 5.41) is 9.25. The molecule has 1 aliphatic rings. The molecule has 3 aromatic carbocycles. The van der Waals surface area contributed by atoms with Crippen molar-refractivity contribution in [2.45, 2.75) is 32.4 Å². The van der Waals surface area contributed by atoms with Crippen LogP contribution in [0.15, 0.2) is 97.2 Å². The van der Waals surface area contributed by atoms with Crippen LogP contribution in [-0.2, 0) is 9.53 Å². The van der Waals surface area contributed by atoms with Crippen LogP contribution in [0, 0.1) is 13.8 Å². The van der Waals surface area contributed by atoms with Crippen LogP contribution in [-0.4, -0.2) is 45.1 Å². The van der Waals surface area contributed by atoms with Gasteiger partial charge in [0.05, 0.1) is 30.5 Å². The lowest BCUT2D eigenvalue weighted by Crippen LogP contribution is -2.33. The fourth-order valence-electron chi connectivity index (χ4n) is 6.10. The number of methoxy groups -OCH3 is 1. The van der Waals surface area contributed by atoms with Crippen LogP contribution in [0.3, 0.4) is 0 Å². The van der Waals surface area contributed by atoms with Gasteiger partial charge >= 0.3 is 5.97 Å². The molecule has 1 fully saturated rings. The van der Waals surface area contributed by atoms with Gasteiger partial charge in [-0.25, -0.2) is 4.79 Å². The Morgan fingerprint density at radius 1 is 0.977 bits per heavy atom. The molecule has 222 valence electrons. The van der Waals surface area contributed by atoms with Crippen molar-refractivity contribution < 1.29 is 14.3 Å². The summed E-state index contributed by atoms with van der Waals surface area (Å²) in [6, 6.07) is 28.9. The number of pyridine rings is 1. The predicted octanol–water partition coefficient (Wildman–Crippen LogP) is 6.43. The van der Waals surface area contributed by atoms with Crippen molar-refractivity contribution >= 4 is 45.7 Å². The lowest BCUT2D eigenvalue weighted by atomic mass is 9.96. The third-order valence-corrected chi connectivity index (χ3v) is 8.53. The molecule has 0 saturated carbocycles. The second-order valence-corrected chi connectivity index (χ2v) is 11.2. The van der Waals surface area contributed by atoms with Gasteiger partial charge < -0.3 is 24.8 Å². The van der Waals surface area contributed by atoms with E-state index in [9.17, 15) is 9.59 Å². The normalized spacial score (nSPS) is 16.2. The molecular weight excluding hydrogens is 570 g/mol. The van der Waals surface area contributed by atoms with Crippen LogP contribution in [0.25, 0.3) is 16.5 Å². The summed E-state index contributed by atoms with van der Waals surface area (Å²) in [4.78, 5) is 32.0. The van der Waals surface area contributed by atoms with Gasteiger partial charge in [-0.05, 0) is 85.5 Å². The maximum atomic E-state index is 13.3. The largest absolute Gasteiger partial charge is 0.465 e. The van der Waals surface area contributed by atoms with Crippen LogP contribution in [0.1, 0.15) is 51.5 Å². The standard InChI is InChI=1S/C35H33N5O3S/c1-22-21-28(23(2)40(22)26-16-14-25(15-17-26)34(42)43-3)33-32(30-12-6-7-19-36-30)38-35(44)39(33)20-18-31(41)37-29-13-8-10-24-9-4-5-11-27(24)29/h4-17,19,21,32-33H,18,20H2,1-3H3,(H,37,41)(H,38,44). The highest BCUT2D eigenvalue weighted by molar-refractivity contribution is 7.80. The number of aromatic nitrogens is 2. The van der Waals surface area contributed by atoms with Crippen LogP contribution in [0.2, 0.25) is 0 Å². The summed E-state index contributed by atoms with van der Waals surface area (Å²) in [6.07, 6.45) is 2.04. The quantitative estimate of drug-likeness (QED) is 0.156. The Morgan fingerprint density at radius 3 is 2.48 bits per heavy atom. The van der Waals surface area contributed by atoms with Gasteiger partial charge in [-0.2, -0.15) is 0 Å². The number of nitrogens with one attached hydrogen (secondary N) is 2. The van der Waals surface area contributed by atoms with E-state index in [1.807, 2.05) is 72.8 Å². The van der Waals surface area contributed by atoms with Crippen molar-refractivity contribution in [3.63, 3.8) is 0 Å². The number of carbonyl (C=O) groups excluding carboxylic acids is 2. The van der Waals surface area contributed by atoms with Gasteiger partial charge in [0, 0.05) is 47.3 Å². The molecule has 5 aromatic rings. The summed E-state index contributed by atoms with van der Waals surface area (Å²) in [6.45, 7) is 4.57. The molecule has 2 aromatic heterocycles. The summed E-state index contributed by atoms with van der Waals surface area (Å²) in [7, 11) is 1.37. The second kappa shape index (κ2) is 12.3. The third-order valence-electron chi connectivity index (χ3n) is 8.18. The van der Waals surface area contributed by atoms with E-state index in [1.54, 1.807) is 18.3 Å². The van der Waals surface area contributed by atoms with Crippen molar-refractivity contribution in [1.29, 1.82) is 0 Å². The molecule has 3 heterocycles. The number of benzene rings is 3. The number of hydrogen-bond donors (Lipinski definition) is 2. The molecule has 8 nitrogen and oxygen atoms in total. The first-order valence-corrected chi connectivity index (χ1v) is 14.9. The van der Waals surface area contributed by atoms with Crippen LogP contribution < -0.4 is 10.6 Å². The zero-order valence-electron chi connectivity index (χ0n) is 24.8. The van der Waals surface area contributed by atoms with Gasteiger partial charge in [0.25, 0.3) is 0 Å². The highest BCUT2D eigenvalue weighted by Gasteiger charge is 2.41. The van der Waals surface area contributed by atoms with E-state index in [2.05, 4.69) is 45.0 Å². The molecule has 2 N–H and O–H groups in total. The maximum Gasteiger partial charge on any atom is 0.337 e. The zero-order chi connectivity index (χ0) is 30.8. The summed E-state index contributed by atoms with van der Waals surface area (Å²) in [5.41, 5.74) is 6.24. The molecule has 0 aliphatic carbocycles. The number of aryl methyl sites for hydroxylation is 1. The minimum atomic E-state index is -0.373. The summed E-state index contributed by atoms with van der Waals surface area (Å²) < 4.78 is 7.03. The Labute approximate surface area is 261 Å². The van der Waals surface area contributed by atoms with Gasteiger partial charge in [0.1, 0.15) is 0 Å². The Morgan fingerprint density at radius 2 is 1.73 bits per heavy atom. The van der Waals surface area contributed by atoms with Gasteiger partial charge in [0.15, 0.2) is 5.11 Å². The molecular formula is C35H33N5O3S. The highest BCUT2D eigenvalue weighted by Crippen LogP contribution is 2.41. The lowest BCUT2D eigenvalue weighted by molar-refractivity contribution is -0.116. The fourth-order valence-corrected chi connectivity index (χ4v) is 6.43. The Balaban J connectivity index is 1.30. The third kappa shape index (κ3) is 5.54. The van der Waals surface area contributed by atoms with Crippen LogP contribution in [0.4, 0.5) is 5.69 Å². The Kier molecular flexibility index (Phi) is 8.13. The molecule has 0 bridgehead atoms.